The zero-order valence-corrected chi connectivity index (χ0v) is 18.3. The Bertz CT molecular complexity index is 1170. The summed E-state index contributed by atoms with van der Waals surface area (Å²) in [5.41, 5.74) is 1.27. The highest BCUT2D eigenvalue weighted by molar-refractivity contribution is 6.30. The fourth-order valence-corrected chi connectivity index (χ4v) is 4.58. The Kier molecular flexibility index (Phi) is 5.99. The Morgan fingerprint density at radius 1 is 1.07 bits per heavy atom. The van der Waals surface area contributed by atoms with Crippen molar-refractivity contribution in [1.82, 2.24) is 18.7 Å². The smallest absolute Gasteiger partial charge is 0.332 e. The van der Waals surface area contributed by atoms with E-state index in [4.69, 9.17) is 16.6 Å². The van der Waals surface area contributed by atoms with Gasteiger partial charge in [0.15, 0.2) is 11.2 Å². The number of hydrogen-bond donors (Lipinski definition) is 1. The van der Waals surface area contributed by atoms with Gasteiger partial charge in [-0.2, -0.15) is 4.98 Å². The molecule has 1 N–H and O–H groups in total. The molecule has 0 unspecified atom stereocenters. The molecule has 1 aromatic carbocycles. The molecular formula is C22H28ClN5O2. The summed E-state index contributed by atoms with van der Waals surface area (Å²) in [5.74, 6) is 0.643. The summed E-state index contributed by atoms with van der Waals surface area (Å²) in [6.45, 7) is 4.93. The molecule has 1 aliphatic rings. The van der Waals surface area contributed by atoms with Crippen molar-refractivity contribution in [3.05, 3.63) is 55.7 Å². The van der Waals surface area contributed by atoms with Crippen molar-refractivity contribution in [3.63, 3.8) is 0 Å². The Balaban J connectivity index is 1.92. The van der Waals surface area contributed by atoms with Gasteiger partial charge in [-0.15, -0.1) is 0 Å². The zero-order valence-electron chi connectivity index (χ0n) is 17.5. The van der Waals surface area contributed by atoms with Crippen molar-refractivity contribution >= 4 is 28.7 Å². The standard InChI is InChI=1S/C22H28ClN5O2/c1-3-26-19-18(20(29)27(4-2)22(26)30)28(14-15-9-8-10-16(23)13-15)21(25-19)24-17-11-6-5-7-12-17/h8-10,13,17H,3-7,11-12,14H2,1-2H3,(H,24,25). The maximum Gasteiger partial charge on any atom is 0.332 e. The minimum atomic E-state index is -0.311. The minimum Gasteiger partial charge on any atom is -0.353 e. The summed E-state index contributed by atoms with van der Waals surface area (Å²) in [7, 11) is 0. The molecule has 0 aliphatic heterocycles. The minimum absolute atomic E-state index is 0.298. The average Bonchev–Trinajstić information content (AvgIpc) is 3.07. The predicted molar refractivity (Wildman–Crippen MR) is 121 cm³/mol. The Hall–Kier alpha value is -2.54. The summed E-state index contributed by atoms with van der Waals surface area (Å²) in [4.78, 5) is 30.8. The van der Waals surface area contributed by atoms with Gasteiger partial charge in [-0.1, -0.05) is 43.0 Å². The molecule has 4 rings (SSSR count). The van der Waals surface area contributed by atoms with Gasteiger partial charge in [0.1, 0.15) is 0 Å². The highest BCUT2D eigenvalue weighted by Crippen LogP contribution is 2.24. The molecule has 0 bridgehead atoms. The van der Waals surface area contributed by atoms with E-state index in [1.54, 1.807) is 4.57 Å². The molecule has 0 spiro atoms. The van der Waals surface area contributed by atoms with Crippen molar-refractivity contribution < 1.29 is 0 Å². The van der Waals surface area contributed by atoms with E-state index in [9.17, 15) is 9.59 Å². The first kappa shape index (κ1) is 20.7. The Morgan fingerprint density at radius 2 is 1.80 bits per heavy atom. The zero-order chi connectivity index (χ0) is 21.3. The van der Waals surface area contributed by atoms with Crippen LogP contribution in [0.4, 0.5) is 5.95 Å². The maximum absolute atomic E-state index is 13.3. The molecule has 1 aliphatic carbocycles. The number of nitrogens with zero attached hydrogens (tertiary/aromatic N) is 4. The summed E-state index contributed by atoms with van der Waals surface area (Å²) < 4.78 is 4.78. The lowest BCUT2D eigenvalue weighted by Crippen LogP contribution is -2.40. The molecule has 0 atom stereocenters. The van der Waals surface area contributed by atoms with Crippen LogP contribution in [0, 0.1) is 0 Å². The van der Waals surface area contributed by atoms with Crippen LogP contribution in [0.25, 0.3) is 11.2 Å². The molecule has 2 aromatic heterocycles. The van der Waals surface area contributed by atoms with E-state index in [1.165, 1.54) is 23.8 Å². The number of benzene rings is 1. The van der Waals surface area contributed by atoms with Gasteiger partial charge in [-0.05, 0) is 44.4 Å². The first-order valence-electron chi connectivity index (χ1n) is 10.8. The number of halogens is 1. The van der Waals surface area contributed by atoms with Gasteiger partial charge in [0.25, 0.3) is 5.56 Å². The summed E-state index contributed by atoms with van der Waals surface area (Å²) >= 11 is 6.19. The third kappa shape index (κ3) is 3.78. The number of hydrogen-bond acceptors (Lipinski definition) is 4. The Labute approximate surface area is 180 Å². The molecule has 2 heterocycles. The van der Waals surface area contributed by atoms with Gasteiger partial charge in [-0.3, -0.25) is 18.5 Å². The molecule has 8 heteroatoms. The summed E-state index contributed by atoms with van der Waals surface area (Å²) in [6.07, 6.45) is 5.80. The third-order valence-corrected chi connectivity index (χ3v) is 6.15. The number of rotatable bonds is 6. The van der Waals surface area contributed by atoms with Crippen LogP contribution in [-0.4, -0.2) is 24.7 Å². The first-order valence-corrected chi connectivity index (χ1v) is 11.2. The highest BCUT2D eigenvalue weighted by Gasteiger charge is 2.23. The second kappa shape index (κ2) is 8.68. The van der Waals surface area contributed by atoms with Crippen LogP contribution in [0.5, 0.6) is 0 Å². The fourth-order valence-electron chi connectivity index (χ4n) is 4.37. The number of aromatic nitrogens is 4. The highest BCUT2D eigenvalue weighted by atomic mass is 35.5. The number of nitrogens with one attached hydrogen (secondary N) is 1. The van der Waals surface area contributed by atoms with Crippen molar-refractivity contribution in [2.45, 2.75) is 71.6 Å². The molecule has 0 amide bonds. The van der Waals surface area contributed by atoms with Gasteiger partial charge < -0.3 is 5.32 Å². The van der Waals surface area contributed by atoms with Crippen LogP contribution in [0.15, 0.2) is 33.9 Å². The SMILES string of the molecule is CCn1c(=O)c2c(nc(NC3CCCCC3)n2Cc2cccc(Cl)c2)n(CC)c1=O. The largest absolute Gasteiger partial charge is 0.353 e. The molecular weight excluding hydrogens is 402 g/mol. The molecule has 3 aromatic rings. The van der Waals surface area contributed by atoms with Crippen LogP contribution in [-0.2, 0) is 19.6 Å². The lowest BCUT2D eigenvalue weighted by atomic mass is 9.96. The van der Waals surface area contributed by atoms with Gasteiger partial charge in [0.2, 0.25) is 5.95 Å². The number of fused-ring (bicyclic) bond motifs is 1. The first-order chi connectivity index (χ1) is 14.5. The molecule has 30 heavy (non-hydrogen) atoms. The van der Waals surface area contributed by atoms with E-state index in [2.05, 4.69) is 5.32 Å². The van der Waals surface area contributed by atoms with E-state index in [0.717, 1.165) is 18.4 Å². The van der Waals surface area contributed by atoms with Gasteiger partial charge in [-0.25, -0.2) is 4.79 Å². The van der Waals surface area contributed by atoms with Crippen LogP contribution in [0.2, 0.25) is 5.02 Å². The van der Waals surface area contributed by atoms with Gasteiger partial charge in [0.05, 0.1) is 6.54 Å². The topological polar surface area (TPSA) is 73.8 Å². The molecule has 7 nitrogen and oxygen atoms in total. The maximum atomic E-state index is 13.3. The predicted octanol–water partition coefficient (Wildman–Crippen LogP) is 3.85. The normalized spacial score (nSPS) is 15.0. The number of anilines is 1. The monoisotopic (exact) mass is 429 g/mol. The molecule has 160 valence electrons. The van der Waals surface area contributed by atoms with Crippen LogP contribution < -0.4 is 16.6 Å². The van der Waals surface area contributed by atoms with Crippen LogP contribution in [0.1, 0.15) is 51.5 Å². The quantitative estimate of drug-likeness (QED) is 0.646. The lowest BCUT2D eigenvalue weighted by Gasteiger charge is -2.23. The van der Waals surface area contributed by atoms with Crippen LogP contribution >= 0.6 is 11.6 Å². The Morgan fingerprint density at radius 3 is 2.47 bits per heavy atom. The third-order valence-electron chi connectivity index (χ3n) is 5.91. The van der Waals surface area contributed by atoms with Crippen molar-refractivity contribution in [3.8, 4) is 0 Å². The molecule has 0 saturated heterocycles. The van der Waals surface area contributed by atoms with E-state index in [1.807, 2.05) is 42.7 Å². The second-order valence-corrected chi connectivity index (χ2v) is 8.32. The average molecular weight is 430 g/mol. The summed E-state index contributed by atoms with van der Waals surface area (Å²) in [5, 5.41) is 4.21. The molecule has 1 saturated carbocycles. The summed E-state index contributed by atoms with van der Waals surface area (Å²) in [6, 6.07) is 7.93. The molecule has 1 fully saturated rings. The van der Waals surface area contributed by atoms with Crippen molar-refractivity contribution in [1.29, 1.82) is 0 Å². The van der Waals surface area contributed by atoms with Crippen molar-refractivity contribution in [2.24, 2.45) is 0 Å². The number of aryl methyl sites for hydroxylation is 1. The van der Waals surface area contributed by atoms with Crippen molar-refractivity contribution in [2.75, 3.05) is 5.32 Å². The van der Waals surface area contributed by atoms with E-state index in [0.29, 0.717) is 47.8 Å². The van der Waals surface area contributed by atoms with Crippen LogP contribution in [0.3, 0.4) is 0 Å². The van der Waals surface area contributed by atoms with E-state index in [-0.39, 0.29) is 11.2 Å². The molecule has 0 radical (unpaired) electrons. The van der Waals surface area contributed by atoms with Gasteiger partial charge >= 0.3 is 5.69 Å². The van der Waals surface area contributed by atoms with E-state index >= 15 is 0 Å². The fraction of sp³-hybridized carbons (Fsp3) is 0.500. The second-order valence-electron chi connectivity index (χ2n) is 7.88. The van der Waals surface area contributed by atoms with Gasteiger partial charge in [0, 0.05) is 24.2 Å². The lowest BCUT2D eigenvalue weighted by molar-refractivity contribution is 0.459. The van der Waals surface area contributed by atoms with E-state index < -0.39 is 0 Å². The number of imidazole rings is 1.